The maximum absolute atomic E-state index is 12.3. The number of halogens is 1. The maximum Gasteiger partial charge on any atom is 0.224 e. The molecule has 0 atom stereocenters. The Morgan fingerprint density at radius 2 is 1.72 bits per heavy atom. The number of hydrogen-bond donors (Lipinski definition) is 0. The Balaban J connectivity index is 2.27. The molecular weight excluding hydrogens is 246 g/mol. The number of hydrogen-bond acceptors (Lipinski definition) is 1. The first kappa shape index (κ1) is 11.1. The van der Waals surface area contributed by atoms with Crippen molar-refractivity contribution < 1.29 is 4.73 Å². The molecule has 0 radical (unpaired) electrons. The summed E-state index contributed by atoms with van der Waals surface area (Å²) in [6.07, 6.45) is 0. The number of fused-ring (bicyclic) bond motifs is 1. The molecule has 0 spiro atoms. The summed E-state index contributed by atoms with van der Waals surface area (Å²) in [6, 6.07) is 18.6. The van der Waals surface area contributed by atoms with E-state index < -0.39 is 0 Å². The lowest BCUT2D eigenvalue weighted by atomic mass is 10.1. The van der Waals surface area contributed by atoms with Crippen LogP contribution in [0.2, 0.25) is 5.02 Å². The van der Waals surface area contributed by atoms with E-state index in [1.54, 1.807) is 12.1 Å². The Morgan fingerprint density at radius 3 is 2.56 bits per heavy atom. The van der Waals surface area contributed by atoms with Crippen LogP contribution in [-0.4, -0.2) is 0 Å². The number of pyridine rings is 1. The van der Waals surface area contributed by atoms with Crippen LogP contribution in [0, 0.1) is 5.21 Å². The van der Waals surface area contributed by atoms with Gasteiger partial charge >= 0.3 is 0 Å². The topological polar surface area (TPSA) is 26.9 Å². The van der Waals surface area contributed by atoms with Gasteiger partial charge < -0.3 is 5.21 Å². The van der Waals surface area contributed by atoms with Crippen molar-refractivity contribution >= 4 is 22.5 Å². The molecule has 0 saturated carbocycles. The van der Waals surface area contributed by atoms with Crippen LogP contribution in [0.4, 0.5) is 0 Å². The van der Waals surface area contributed by atoms with Gasteiger partial charge in [0.05, 0.1) is 0 Å². The van der Waals surface area contributed by atoms with Crippen LogP contribution in [-0.2, 0) is 0 Å². The van der Waals surface area contributed by atoms with Crippen LogP contribution >= 0.6 is 11.6 Å². The molecule has 88 valence electrons. The highest BCUT2D eigenvalue weighted by molar-refractivity contribution is 6.30. The summed E-state index contributed by atoms with van der Waals surface area (Å²) in [6.45, 7) is 0. The lowest BCUT2D eigenvalue weighted by molar-refractivity contribution is -0.565. The molecule has 2 nitrogen and oxygen atoms in total. The van der Waals surface area contributed by atoms with Gasteiger partial charge in [-0.2, -0.15) is 4.73 Å². The van der Waals surface area contributed by atoms with Gasteiger partial charge in [-0.3, -0.25) is 0 Å². The molecule has 0 bridgehead atoms. The van der Waals surface area contributed by atoms with Gasteiger partial charge in [0.15, 0.2) is 0 Å². The Labute approximate surface area is 110 Å². The van der Waals surface area contributed by atoms with Crippen LogP contribution in [0.25, 0.3) is 22.2 Å². The third-order valence-electron chi connectivity index (χ3n) is 2.92. The summed E-state index contributed by atoms with van der Waals surface area (Å²) in [5, 5.41) is 13.9. The molecule has 0 fully saturated rings. The molecular formula is C15H10ClNO. The molecule has 0 N–H and O–H groups in total. The molecule has 0 saturated heterocycles. The minimum Gasteiger partial charge on any atom is -0.618 e. The van der Waals surface area contributed by atoms with Crippen LogP contribution in [0.3, 0.4) is 0 Å². The molecule has 0 unspecified atom stereocenters. The zero-order valence-electron chi connectivity index (χ0n) is 9.51. The predicted molar refractivity (Wildman–Crippen MR) is 73.4 cm³/mol. The van der Waals surface area contributed by atoms with E-state index in [0.29, 0.717) is 16.2 Å². The first-order valence-corrected chi connectivity index (χ1v) is 6.01. The van der Waals surface area contributed by atoms with E-state index >= 15 is 0 Å². The van der Waals surface area contributed by atoms with Crippen molar-refractivity contribution in [1.29, 1.82) is 0 Å². The normalized spacial score (nSPS) is 10.7. The van der Waals surface area contributed by atoms with Gasteiger partial charge in [-0.25, -0.2) is 0 Å². The van der Waals surface area contributed by atoms with Gasteiger partial charge in [0.2, 0.25) is 11.2 Å². The average Bonchev–Trinajstić information content (AvgIpc) is 2.39. The molecule has 2 aromatic carbocycles. The number of aromatic nitrogens is 1. The highest BCUT2D eigenvalue weighted by Crippen LogP contribution is 2.21. The summed E-state index contributed by atoms with van der Waals surface area (Å²) in [4.78, 5) is 0. The van der Waals surface area contributed by atoms with E-state index in [1.165, 1.54) is 0 Å². The second kappa shape index (κ2) is 4.31. The van der Waals surface area contributed by atoms with E-state index in [-0.39, 0.29) is 0 Å². The Hall–Kier alpha value is -2.06. The molecule has 0 aliphatic carbocycles. The van der Waals surface area contributed by atoms with Crippen molar-refractivity contribution in [3.05, 3.63) is 70.9 Å². The van der Waals surface area contributed by atoms with Crippen molar-refractivity contribution in [3.63, 3.8) is 0 Å². The fraction of sp³-hybridized carbons (Fsp3) is 0. The summed E-state index contributed by atoms with van der Waals surface area (Å²) in [7, 11) is 0. The number of rotatable bonds is 1. The first-order chi connectivity index (χ1) is 8.75. The third kappa shape index (κ3) is 1.81. The summed E-state index contributed by atoms with van der Waals surface area (Å²) >= 11 is 5.95. The van der Waals surface area contributed by atoms with E-state index in [0.717, 1.165) is 15.7 Å². The zero-order valence-corrected chi connectivity index (χ0v) is 10.3. The van der Waals surface area contributed by atoms with Gasteiger partial charge in [0, 0.05) is 28.1 Å². The number of para-hydroxylation sites is 1. The molecule has 18 heavy (non-hydrogen) atoms. The molecule has 3 aromatic rings. The van der Waals surface area contributed by atoms with Gasteiger partial charge in [0.1, 0.15) is 0 Å². The highest BCUT2D eigenvalue weighted by atomic mass is 35.5. The summed E-state index contributed by atoms with van der Waals surface area (Å²) in [5.41, 5.74) is 2.09. The van der Waals surface area contributed by atoms with Gasteiger partial charge in [-0.05, 0) is 30.3 Å². The second-order valence-corrected chi connectivity index (χ2v) is 4.52. The SMILES string of the molecule is [O-][n+]1c(-c2cccc(Cl)c2)ccc2ccccc21. The lowest BCUT2D eigenvalue weighted by Crippen LogP contribution is -2.29. The second-order valence-electron chi connectivity index (χ2n) is 4.08. The minimum absolute atomic E-state index is 0.608. The molecule has 0 amide bonds. The fourth-order valence-corrected chi connectivity index (χ4v) is 2.23. The van der Waals surface area contributed by atoms with Crippen molar-refractivity contribution in [1.82, 2.24) is 0 Å². The quantitative estimate of drug-likeness (QED) is 0.480. The number of nitrogens with zero attached hydrogens (tertiary/aromatic N) is 1. The average molecular weight is 256 g/mol. The predicted octanol–water partition coefficient (Wildman–Crippen LogP) is 3.79. The Bertz CT molecular complexity index is 725. The van der Waals surface area contributed by atoms with E-state index in [4.69, 9.17) is 11.6 Å². The van der Waals surface area contributed by atoms with Crippen molar-refractivity contribution in [3.8, 4) is 11.3 Å². The zero-order chi connectivity index (χ0) is 12.5. The van der Waals surface area contributed by atoms with Crippen LogP contribution in [0.5, 0.6) is 0 Å². The third-order valence-corrected chi connectivity index (χ3v) is 3.15. The summed E-state index contributed by atoms with van der Waals surface area (Å²) < 4.78 is 0.945. The fourth-order valence-electron chi connectivity index (χ4n) is 2.04. The molecule has 1 heterocycles. The Kier molecular flexibility index (Phi) is 2.65. The molecule has 3 rings (SSSR count). The molecule has 0 aliphatic heterocycles. The monoisotopic (exact) mass is 255 g/mol. The molecule has 3 heteroatoms. The van der Waals surface area contributed by atoms with Crippen molar-refractivity contribution in [2.45, 2.75) is 0 Å². The maximum atomic E-state index is 12.3. The van der Waals surface area contributed by atoms with E-state index in [2.05, 4.69) is 0 Å². The van der Waals surface area contributed by atoms with Crippen LogP contribution < -0.4 is 4.73 Å². The van der Waals surface area contributed by atoms with Crippen LogP contribution in [0.15, 0.2) is 60.7 Å². The van der Waals surface area contributed by atoms with Crippen molar-refractivity contribution in [2.75, 3.05) is 0 Å². The van der Waals surface area contributed by atoms with Crippen molar-refractivity contribution in [2.24, 2.45) is 0 Å². The van der Waals surface area contributed by atoms with Gasteiger partial charge in [-0.15, -0.1) is 0 Å². The number of benzene rings is 2. The molecule has 1 aromatic heterocycles. The van der Waals surface area contributed by atoms with E-state index in [9.17, 15) is 5.21 Å². The van der Waals surface area contributed by atoms with Gasteiger partial charge in [-0.1, -0.05) is 29.8 Å². The smallest absolute Gasteiger partial charge is 0.224 e. The highest BCUT2D eigenvalue weighted by Gasteiger charge is 2.12. The lowest BCUT2D eigenvalue weighted by Gasteiger charge is -2.07. The standard InChI is InChI=1S/C15H10ClNO/c16-13-6-3-5-12(10-13)15-9-8-11-4-1-2-7-14(11)17(15)18/h1-10H. The minimum atomic E-state index is 0.608. The molecule has 0 aliphatic rings. The summed E-state index contributed by atoms with van der Waals surface area (Å²) in [5.74, 6) is 0. The van der Waals surface area contributed by atoms with Gasteiger partial charge in [0.25, 0.3) is 0 Å². The van der Waals surface area contributed by atoms with Crippen LogP contribution in [0.1, 0.15) is 0 Å². The first-order valence-electron chi connectivity index (χ1n) is 5.63. The largest absolute Gasteiger partial charge is 0.618 e. The Morgan fingerprint density at radius 1 is 0.889 bits per heavy atom. The van der Waals surface area contributed by atoms with E-state index in [1.807, 2.05) is 48.5 Å².